The molecule has 1 aromatic heterocycles. The number of aryl methyl sites for hydroxylation is 1. The third-order valence-corrected chi connectivity index (χ3v) is 3.49. The molecule has 1 aromatic carbocycles. The average molecular weight is 346 g/mol. The van der Waals surface area contributed by atoms with Crippen molar-refractivity contribution in [1.29, 1.82) is 0 Å². The Balaban J connectivity index is 2.25. The molecule has 0 aliphatic carbocycles. The Morgan fingerprint density at radius 3 is 2.36 bits per heavy atom. The van der Waals surface area contributed by atoms with Crippen molar-refractivity contribution in [2.75, 3.05) is 14.2 Å². The van der Waals surface area contributed by atoms with E-state index in [9.17, 15) is 14.9 Å². The molecule has 0 amide bonds. The van der Waals surface area contributed by atoms with E-state index in [1.165, 1.54) is 33.3 Å². The van der Waals surface area contributed by atoms with Crippen LogP contribution >= 0.6 is 0 Å². The molecule has 8 nitrogen and oxygen atoms in total. The second-order valence-corrected chi connectivity index (χ2v) is 5.23. The predicted molar refractivity (Wildman–Crippen MR) is 89.6 cm³/mol. The maximum atomic E-state index is 12.6. The molecule has 0 saturated carbocycles. The highest BCUT2D eigenvalue weighted by Gasteiger charge is 2.24. The third kappa shape index (κ3) is 4.03. The SMILES string of the molecule is COc1ccc(C(=O)C(C)Oc2ccc(C)nc2[N+](=O)[O-])cc1OC. The van der Waals surface area contributed by atoms with Crippen LogP contribution < -0.4 is 14.2 Å². The Labute approximate surface area is 144 Å². The highest BCUT2D eigenvalue weighted by molar-refractivity contribution is 6.00. The summed E-state index contributed by atoms with van der Waals surface area (Å²) in [7, 11) is 2.96. The van der Waals surface area contributed by atoms with E-state index < -0.39 is 16.8 Å². The molecule has 0 bridgehead atoms. The third-order valence-electron chi connectivity index (χ3n) is 3.49. The molecule has 0 fully saturated rings. The van der Waals surface area contributed by atoms with E-state index in [1.807, 2.05) is 0 Å². The molecule has 132 valence electrons. The lowest BCUT2D eigenvalue weighted by Crippen LogP contribution is -2.24. The van der Waals surface area contributed by atoms with Gasteiger partial charge in [0.25, 0.3) is 0 Å². The van der Waals surface area contributed by atoms with Gasteiger partial charge in [0.2, 0.25) is 11.5 Å². The molecular formula is C17H18N2O6. The molecule has 0 spiro atoms. The molecule has 8 heteroatoms. The van der Waals surface area contributed by atoms with Gasteiger partial charge in [-0.05, 0) is 47.2 Å². The van der Waals surface area contributed by atoms with Gasteiger partial charge in [-0.3, -0.25) is 4.79 Å². The number of carbonyl (C=O) groups excluding carboxylic acids is 1. The van der Waals surface area contributed by atoms with E-state index in [-0.39, 0.29) is 11.5 Å². The van der Waals surface area contributed by atoms with Gasteiger partial charge in [0.15, 0.2) is 17.6 Å². The van der Waals surface area contributed by atoms with Crippen molar-refractivity contribution in [1.82, 2.24) is 4.98 Å². The standard InChI is InChI=1S/C17H18N2O6/c1-10-5-7-14(17(18-10)19(21)22)25-11(2)16(20)12-6-8-13(23-3)15(9-12)24-4/h5-9,11H,1-4H3. The van der Waals surface area contributed by atoms with E-state index in [1.54, 1.807) is 25.1 Å². The number of methoxy groups -OCH3 is 2. The Bertz CT molecular complexity index is 806. The maximum absolute atomic E-state index is 12.6. The van der Waals surface area contributed by atoms with Crippen molar-refractivity contribution >= 4 is 11.6 Å². The molecule has 1 heterocycles. The van der Waals surface area contributed by atoms with Crippen LogP contribution in [0.4, 0.5) is 5.82 Å². The van der Waals surface area contributed by atoms with E-state index >= 15 is 0 Å². The molecule has 0 radical (unpaired) electrons. The minimum atomic E-state index is -0.943. The Hall–Kier alpha value is -3.16. The fourth-order valence-corrected chi connectivity index (χ4v) is 2.22. The second-order valence-electron chi connectivity index (χ2n) is 5.23. The summed E-state index contributed by atoms with van der Waals surface area (Å²) in [5.41, 5.74) is 0.825. The quantitative estimate of drug-likeness (QED) is 0.431. The van der Waals surface area contributed by atoms with Crippen molar-refractivity contribution in [2.24, 2.45) is 0 Å². The van der Waals surface area contributed by atoms with Crippen molar-refractivity contribution < 1.29 is 23.9 Å². The van der Waals surface area contributed by atoms with E-state index in [2.05, 4.69) is 4.98 Å². The molecular weight excluding hydrogens is 328 g/mol. The first-order chi connectivity index (χ1) is 11.9. The number of benzene rings is 1. The fourth-order valence-electron chi connectivity index (χ4n) is 2.22. The predicted octanol–water partition coefficient (Wildman–Crippen LogP) is 2.97. The van der Waals surface area contributed by atoms with Gasteiger partial charge >= 0.3 is 5.82 Å². The number of rotatable bonds is 7. The number of ketones is 1. The molecule has 2 aromatic rings. The lowest BCUT2D eigenvalue weighted by atomic mass is 10.1. The number of pyridine rings is 1. The zero-order chi connectivity index (χ0) is 18.6. The average Bonchev–Trinajstić information content (AvgIpc) is 2.61. The summed E-state index contributed by atoms with van der Waals surface area (Å²) in [4.78, 5) is 26.8. The zero-order valence-corrected chi connectivity index (χ0v) is 14.3. The van der Waals surface area contributed by atoms with Gasteiger partial charge in [0.1, 0.15) is 5.69 Å². The molecule has 1 unspecified atom stereocenters. The van der Waals surface area contributed by atoms with Gasteiger partial charge < -0.3 is 24.3 Å². The first kappa shape index (κ1) is 18.2. The zero-order valence-electron chi connectivity index (χ0n) is 14.3. The van der Waals surface area contributed by atoms with Crippen LogP contribution in [0.3, 0.4) is 0 Å². The van der Waals surface area contributed by atoms with Crippen LogP contribution in [0.5, 0.6) is 17.2 Å². The molecule has 0 aliphatic heterocycles. The molecule has 0 saturated heterocycles. The van der Waals surface area contributed by atoms with Crippen LogP contribution in [0.2, 0.25) is 0 Å². The number of carbonyl (C=O) groups is 1. The number of nitro groups is 1. The van der Waals surface area contributed by atoms with E-state index in [0.29, 0.717) is 22.8 Å². The van der Waals surface area contributed by atoms with E-state index in [4.69, 9.17) is 14.2 Å². The van der Waals surface area contributed by atoms with Crippen LogP contribution in [0.15, 0.2) is 30.3 Å². The Morgan fingerprint density at radius 1 is 1.12 bits per heavy atom. The van der Waals surface area contributed by atoms with Crippen LogP contribution in [0, 0.1) is 17.0 Å². The van der Waals surface area contributed by atoms with Gasteiger partial charge in [0, 0.05) is 12.5 Å². The summed E-state index contributed by atoms with van der Waals surface area (Å²) in [5, 5.41) is 11.1. The van der Waals surface area contributed by atoms with Gasteiger partial charge in [-0.1, -0.05) is 0 Å². The summed E-state index contributed by atoms with van der Waals surface area (Å²) >= 11 is 0. The molecule has 25 heavy (non-hydrogen) atoms. The first-order valence-electron chi connectivity index (χ1n) is 7.42. The smallest absolute Gasteiger partial charge is 0.406 e. The lowest BCUT2D eigenvalue weighted by Gasteiger charge is -2.15. The number of ether oxygens (including phenoxy) is 3. The largest absolute Gasteiger partial charge is 0.493 e. The highest BCUT2D eigenvalue weighted by Crippen LogP contribution is 2.29. The monoisotopic (exact) mass is 346 g/mol. The number of Topliss-reactive ketones (excluding diaryl/α,β-unsaturated/α-hetero) is 1. The van der Waals surface area contributed by atoms with Gasteiger partial charge in [-0.15, -0.1) is 0 Å². The van der Waals surface area contributed by atoms with Crippen LogP contribution in [-0.4, -0.2) is 36.0 Å². The second kappa shape index (κ2) is 7.61. The summed E-state index contributed by atoms with van der Waals surface area (Å²) in [6.45, 7) is 3.15. The van der Waals surface area contributed by atoms with Crippen molar-refractivity contribution in [3.63, 3.8) is 0 Å². The number of nitrogens with zero attached hydrogens (tertiary/aromatic N) is 2. The van der Waals surface area contributed by atoms with Crippen molar-refractivity contribution in [3.05, 3.63) is 51.7 Å². The molecule has 2 rings (SSSR count). The van der Waals surface area contributed by atoms with Crippen LogP contribution in [0.1, 0.15) is 23.0 Å². The van der Waals surface area contributed by atoms with Gasteiger partial charge in [-0.2, -0.15) is 0 Å². The Kier molecular flexibility index (Phi) is 5.53. The summed E-state index contributed by atoms with van der Waals surface area (Å²) < 4.78 is 15.8. The topological polar surface area (TPSA) is 101 Å². The molecule has 0 N–H and O–H groups in total. The number of aromatic nitrogens is 1. The van der Waals surface area contributed by atoms with Crippen LogP contribution in [0.25, 0.3) is 0 Å². The summed E-state index contributed by atoms with van der Waals surface area (Å²) in [6.07, 6.45) is -0.943. The normalized spacial score (nSPS) is 11.5. The van der Waals surface area contributed by atoms with Gasteiger partial charge in [-0.25, -0.2) is 0 Å². The number of hydrogen-bond acceptors (Lipinski definition) is 7. The minimum absolute atomic E-state index is 0.0584. The fraction of sp³-hybridized carbons (Fsp3) is 0.294. The first-order valence-corrected chi connectivity index (χ1v) is 7.42. The summed E-state index contributed by atoms with van der Waals surface area (Å²) in [5.74, 6) is 0.0641. The number of hydrogen-bond donors (Lipinski definition) is 0. The molecule has 1 atom stereocenters. The highest BCUT2D eigenvalue weighted by atomic mass is 16.6. The minimum Gasteiger partial charge on any atom is -0.493 e. The summed E-state index contributed by atoms with van der Waals surface area (Å²) in [6, 6.07) is 7.72. The van der Waals surface area contributed by atoms with Crippen molar-refractivity contribution in [2.45, 2.75) is 20.0 Å². The van der Waals surface area contributed by atoms with Crippen LogP contribution in [-0.2, 0) is 0 Å². The van der Waals surface area contributed by atoms with Crippen molar-refractivity contribution in [3.8, 4) is 17.2 Å². The lowest BCUT2D eigenvalue weighted by molar-refractivity contribution is -0.390. The van der Waals surface area contributed by atoms with Gasteiger partial charge in [0.05, 0.1) is 14.2 Å². The Morgan fingerprint density at radius 2 is 1.76 bits per heavy atom. The molecule has 0 aliphatic rings. The van der Waals surface area contributed by atoms with E-state index in [0.717, 1.165) is 0 Å². The maximum Gasteiger partial charge on any atom is 0.406 e.